The van der Waals surface area contributed by atoms with Gasteiger partial charge in [-0.3, -0.25) is 4.79 Å². The van der Waals surface area contributed by atoms with Crippen molar-refractivity contribution in [3.05, 3.63) is 57.0 Å². The van der Waals surface area contributed by atoms with E-state index in [1.807, 2.05) is 30.3 Å². The summed E-state index contributed by atoms with van der Waals surface area (Å²) in [6.45, 7) is 0.672. The lowest BCUT2D eigenvalue weighted by Crippen LogP contribution is -2.30. The third-order valence-electron chi connectivity index (χ3n) is 3.81. The van der Waals surface area contributed by atoms with Gasteiger partial charge in [0.25, 0.3) is 0 Å². The molecule has 0 atom stereocenters. The van der Waals surface area contributed by atoms with Crippen molar-refractivity contribution in [3.63, 3.8) is 0 Å². The highest BCUT2D eigenvalue weighted by molar-refractivity contribution is 9.10. The molecule has 2 aromatic rings. The van der Waals surface area contributed by atoms with E-state index in [1.54, 1.807) is 18.1 Å². The summed E-state index contributed by atoms with van der Waals surface area (Å²) >= 11 is 9.63. The fourth-order valence-electron chi connectivity index (χ4n) is 2.77. The van der Waals surface area contributed by atoms with E-state index in [0.717, 1.165) is 33.5 Å². The van der Waals surface area contributed by atoms with Crippen molar-refractivity contribution in [2.75, 3.05) is 18.6 Å². The van der Waals surface area contributed by atoms with Crippen LogP contribution in [0.3, 0.4) is 0 Å². The minimum absolute atomic E-state index is 0.0347. The highest BCUT2D eigenvalue weighted by Gasteiger charge is 2.28. The first kappa shape index (κ1) is 15.4. The predicted molar refractivity (Wildman–Crippen MR) is 91.9 cm³/mol. The quantitative estimate of drug-likeness (QED) is 0.797. The van der Waals surface area contributed by atoms with E-state index in [0.29, 0.717) is 18.0 Å². The van der Waals surface area contributed by atoms with E-state index in [2.05, 4.69) is 15.9 Å². The molecular formula is C17H15BrClNO2. The van der Waals surface area contributed by atoms with Crippen LogP contribution in [-0.4, -0.2) is 19.6 Å². The molecule has 3 nitrogen and oxygen atoms in total. The lowest BCUT2D eigenvalue weighted by Gasteiger charge is -2.20. The number of amides is 1. The standard InChI is InChI=1S/C17H15BrClNO2/c1-22-15-10-13(18)8-12-6-7-20(17(12)15)16(21)9-11-4-2-3-5-14(11)19/h2-5,8,10H,6-7,9H2,1H3. The molecule has 0 unspecified atom stereocenters. The van der Waals surface area contributed by atoms with E-state index in [4.69, 9.17) is 16.3 Å². The Morgan fingerprint density at radius 1 is 1.36 bits per heavy atom. The van der Waals surface area contributed by atoms with Gasteiger partial charge in [0.1, 0.15) is 5.75 Å². The molecule has 1 aliphatic heterocycles. The monoisotopic (exact) mass is 379 g/mol. The molecule has 2 aromatic carbocycles. The maximum absolute atomic E-state index is 12.7. The summed E-state index contributed by atoms with van der Waals surface area (Å²) in [7, 11) is 1.62. The normalized spacial score (nSPS) is 13.1. The number of halogens is 2. The highest BCUT2D eigenvalue weighted by Crippen LogP contribution is 2.40. The van der Waals surface area contributed by atoms with Crippen LogP contribution in [0.4, 0.5) is 5.69 Å². The molecule has 22 heavy (non-hydrogen) atoms. The van der Waals surface area contributed by atoms with Crippen LogP contribution >= 0.6 is 27.5 Å². The number of anilines is 1. The van der Waals surface area contributed by atoms with Crippen molar-refractivity contribution in [2.45, 2.75) is 12.8 Å². The van der Waals surface area contributed by atoms with E-state index >= 15 is 0 Å². The van der Waals surface area contributed by atoms with Gasteiger partial charge in [0.15, 0.2) is 0 Å². The molecular weight excluding hydrogens is 366 g/mol. The Bertz CT molecular complexity index is 733. The van der Waals surface area contributed by atoms with E-state index in [1.165, 1.54) is 0 Å². The maximum atomic E-state index is 12.7. The van der Waals surface area contributed by atoms with Gasteiger partial charge in [0.05, 0.1) is 19.2 Å². The Hall–Kier alpha value is -1.52. The number of fused-ring (bicyclic) bond motifs is 1. The van der Waals surface area contributed by atoms with Crippen molar-refractivity contribution < 1.29 is 9.53 Å². The first-order valence-electron chi connectivity index (χ1n) is 7.00. The first-order chi connectivity index (χ1) is 10.6. The van der Waals surface area contributed by atoms with Gasteiger partial charge in [0.2, 0.25) is 5.91 Å². The topological polar surface area (TPSA) is 29.5 Å². The van der Waals surface area contributed by atoms with Crippen LogP contribution in [0.25, 0.3) is 0 Å². The molecule has 0 aromatic heterocycles. The van der Waals surface area contributed by atoms with Gasteiger partial charge in [-0.2, -0.15) is 0 Å². The molecule has 0 aliphatic carbocycles. The number of benzene rings is 2. The molecule has 1 aliphatic rings. The van der Waals surface area contributed by atoms with E-state index < -0.39 is 0 Å². The predicted octanol–water partition coefficient (Wildman–Crippen LogP) is 4.24. The SMILES string of the molecule is COc1cc(Br)cc2c1N(C(=O)Cc1ccccc1Cl)CC2. The highest BCUT2D eigenvalue weighted by atomic mass is 79.9. The number of hydrogen-bond acceptors (Lipinski definition) is 2. The summed E-state index contributed by atoms with van der Waals surface area (Å²) in [5.74, 6) is 0.752. The minimum atomic E-state index is 0.0347. The van der Waals surface area contributed by atoms with Gasteiger partial charge >= 0.3 is 0 Å². The summed E-state index contributed by atoms with van der Waals surface area (Å²) in [4.78, 5) is 14.5. The fourth-order valence-corrected chi connectivity index (χ4v) is 3.46. The zero-order chi connectivity index (χ0) is 15.7. The molecule has 1 heterocycles. The van der Waals surface area contributed by atoms with Crippen molar-refractivity contribution >= 4 is 39.1 Å². The molecule has 0 bridgehead atoms. The zero-order valence-electron chi connectivity index (χ0n) is 12.1. The van der Waals surface area contributed by atoms with Gasteiger partial charge < -0.3 is 9.64 Å². The number of ether oxygens (including phenoxy) is 1. The van der Waals surface area contributed by atoms with Gasteiger partial charge in [-0.25, -0.2) is 0 Å². The molecule has 5 heteroatoms. The van der Waals surface area contributed by atoms with Crippen LogP contribution in [0.2, 0.25) is 5.02 Å². The summed E-state index contributed by atoms with van der Waals surface area (Å²) < 4.78 is 6.40. The van der Waals surface area contributed by atoms with Crippen LogP contribution in [0.1, 0.15) is 11.1 Å². The Morgan fingerprint density at radius 3 is 2.86 bits per heavy atom. The molecule has 0 N–H and O–H groups in total. The number of rotatable bonds is 3. The Morgan fingerprint density at radius 2 is 2.14 bits per heavy atom. The van der Waals surface area contributed by atoms with Gasteiger partial charge in [0, 0.05) is 16.0 Å². The molecule has 1 amide bonds. The second-order valence-corrected chi connectivity index (χ2v) is 6.50. The van der Waals surface area contributed by atoms with Crippen molar-refractivity contribution in [1.82, 2.24) is 0 Å². The maximum Gasteiger partial charge on any atom is 0.231 e. The Kier molecular flexibility index (Phi) is 4.41. The van der Waals surface area contributed by atoms with E-state index in [-0.39, 0.29) is 5.91 Å². The minimum Gasteiger partial charge on any atom is -0.495 e. The largest absolute Gasteiger partial charge is 0.495 e. The number of methoxy groups -OCH3 is 1. The summed E-state index contributed by atoms with van der Waals surface area (Å²) in [6.07, 6.45) is 1.12. The van der Waals surface area contributed by atoms with Gasteiger partial charge in [-0.05, 0) is 35.7 Å². The van der Waals surface area contributed by atoms with Crippen LogP contribution in [0.15, 0.2) is 40.9 Å². The molecule has 3 rings (SSSR count). The zero-order valence-corrected chi connectivity index (χ0v) is 14.4. The van der Waals surface area contributed by atoms with Crippen molar-refractivity contribution in [2.24, 2.45) is 0 Å². The Labute approximate surface area is 143 Å². The molecule has 0 fully saturated rings. The van der Waals surface area contributed by atoms with Crippen molar-refractivity contribution in [3.8, 4) is 5.75 Å². The fraction of sp³-hybridized carbons (Fsp3) is 0.235. The molecule has 114 valence electrons. The lowest BCUT2D eigenvalue weighted by atomic mass is 10.1. The number of hydrogen-bond donors (Lipinski definition) is 0. The Balaban J connectivity index is 1.90. The second kappa shape index (κ2) is 6.31. The first-order valence-corrected chi connectivity index (χ1v) is 8.17. The summed E-state index contributed by atoms with van der Waals surface area (Å²) in [5, 5.41) is 0.623. The van der Waals surface area contributed by atoms with Crippen molar-refractivity contribution in [1.29, 1.82) is 0 Å². The van der Waals surface area contributed by atoms with Crippen LogP contribution in [-0.2, 0) is 17.6 Å². The third kappa shape index (κ3) is 2.85. The average Bonchev–Trinajstić information content (AvgIpc) is 2.92. The van der Waals surface area contributed by atoms with Crippen LogP contribution in [0, 0.1) is 0 Å². The number of carbonyl (C=O) groups is 1. The smallest absolute Gasteiger partial charge is 0.231 e. The molecule has 0 radical (unpaired) electrons. The lowest BCUT2D eigenvalue weighted by molar-refractivity contribution is -0.117. The van der Waals surface area contributed by atoms with E-state index in [9.17, 15) is 4.79 Å². The molecule has 0 saturated heterocycles. The van der Waals surface area contributed by atoms with Crippen LogP contribution in [0.5, 0.6) is 5.75 Å². The third-order valence-corrected chi connectivity index (χ3v) is 4.64. The van der Waals surface area contributed by atoms with Crippen LogP contribution < -0.4 is 9.64 Å². The number of nitrogens with zero attached hydrogens (tertiary/aromatic N) is 1. The van der Waals surface area contributed by atoms with Gasteiger partial charge in [-0.1, -0.05) is 45.7 Å². The van der Waals surface area contributed by atoms with Gasteiger partial charge in [-0.15, -0.1) is 0 Å². The second-order valence-electron chi connectivity index (χ2n) is 5.18. The number of carbonyl (C=O) groups excluding carboxylic acids is 1. The summed E-state index contributed by atoms with van der Waals surface area (Å²) in [5.41, 5.74) is 2.85. The summed E-state index contributed by atoms with van der Waals surface area (Å²) in [6, 6.07) is 11.4. The average molecular weight is 381 g/mol. The molecule has 0 spiro atoms. The molecule has 0 saturated carbocycles.